The quantitative estimate of drug-likeness (QED) is 0.262. The summed E-state index contributed by atoms with van der Waals surface area (Å²) in [6, 6.07) is 18.8. The molecule has 1 aliphatic heterocycles. The molecule has 0 saturated heterocycles. The zero-order valence-electron chi connectivity index (χ0n) is 20.0. The van der Waals surface area contributed by atoms with Crippen LogP contribution in [0.4, 0.5) is 11.4 Å². The topological polar surface area (TPSA) is 175 Å². The number of nitrogens with zero attached hydrogens (tertiary/aromatic N) is 2. The molecule has 3 heterocycles. The number of carbonyl (C=O) groups is 2. The zero-order chi connectivity index (χ0) is 26.9. The lowest BCUT2D eigenvalue weighted by molar-refractivity contribution is -0.115. The van der Waals surface area contributed by atoms with Gasteiger partial charge in [-0.3, -0.25) is 19.1 Å². The molecule has 0 saturated carbocycles. The fourth-order valence-electron chi connectivity index (χ4n) is 4.27. The minimum absolute atomic E-state index is 0.0662. The van der Waals surface area contributed by atoms with Crippen molar-refractivity contribution in [1.82, 2.24) is 15.1 Å². The van der Waals surface area contributed by atoms with E-state index in [0.29, 0.717) is 44.9 Å². The van der Waals surface area contributed by atoms with Crippen LogP contribution in [-0.2, 0) is 11.2 Å². The third-order valence-corrected chi connectivity index (χ3v) is 6.07. The number of nitrogens with one attached hydrogen (secondary N) is 4. The average Bonchev–Trinajstić information content (AvgIpc) is 3.68. The summed E-state index contributed by atoms with van der Waals surface area (Å²) in [5.41, 5.74) is 2.99. The van der Waals surface area contributed by atoms with Crippen molar-refractivity contribution in [3.8, 4) is 29.0 Å². The van der Waals surface area contributed by atoms with Crippen molar-refractivity contribution in [3.05, 3.63) is 88.0 Å². The minimum Gasteiger partial charge on any atom is -0.454 e. The predicted molar refractivity (Wildman–Crippen MR) is 138 cm³/mol. The third-order valence-electron chi connectivity index (χ3n) is 6.07. The first-order valence-electron chi connectivity index (χ1n) is 11.7. The highest BCUT2D eigenvalue weighted by atomic mass is 16.7. The molecule has 12 heteroatoms. The van der Waals surface area contributed by atoms with Gasteiger partial charge in [0.2, 0.25) is 12.7 Å². The number of amides is 2. The molecule has 192 valence electrons. The molecule has 12 nitrogen and oxygen atoms in total. The highest BCUT2D eigenvalue weighted by molar-refractivity contribution is 6.09. The summed E-state index contributed by atoms with van der Waals surface area (Å²) in [5, 5.41) is 19.3. The summed E-state index contributed by atoms with van der Waals surface area (Å²) in [7, 11) is 0. The van der Waals surface area contributed by atoms with Gasteiger partial charge in [-0.15, -0.1) is 0 Å². The van der Waals surface area contributed by atoms with E-state index < -0.39 is 11.7 Å². The molecule has 0 spiro atoms. The molecule has 0 radical (unpaired) electrons. The first kappa shape index (κ1) is 23.6. The Kier molecular flexibility index (Phi) is 5.78. The molecule has 2 amide bonds. The van der Waals surface area contributed by atoms with Crippen LogP contribution in [0.25, 0.3) is 22.3 Å². The Morgan fingerprint density at radius 1 is 0.974 bits per heavy atom. The summed E-state index contributed by atoms with van der Waals surface area (Å²) >= 11 is 0. The average molecular weight is 522 g/mol. The van der Waals surface area contributed by atoms with Crippen molar-refractivity contribution < 1.29 is 23.6 Å². The van der Waals surface area contributed by atoms with Crippen LogP contribution in [-0.4, -0.2) is 33.7 Å². The predicted octanol–water partition coefficient (Wildman–Crippen LogP) is 3.55. The maximum atomic E-state index is 13.2. The number of hydrogen-bond donors (Lipinski definition) is 4. The molecule has 6 rings (SSSR count). The summed E-state index contributed by atoms with van der Waals surface area (Å²) in [6.45, 7) is 0.155. The van der Waals surface area contributed by atoms with Crippen molar-refractivity contribution in [1.29, 1.82) is 5.26 Å². The maximum Gasteiger partial charge on any atom is 0.439 e. The molecule has 0 aliphatic carbocycles. The van der Waals surface area contributed by atoms with Crippen LogP contribution in [0.1, 0.15) is 21.6 Å². The Bertz CT molecular complexity index is 1860. The molecule has 3 aromatic carbocycles. The fraction of sp³-hybridized carbons (Fsp3) is 0.0741. The number of hydrogen-bond acceptors (Lipinski definition) is 8. The van der Waals surface area contributed by atoms with Crippen LogP contribution < -0.4 is 25.9 Å². The zero-order valence-corrected chi connectivity index (χ0v) is 20.0. The first-order chi connectivity index (χ1) is 19.0. The van der Waals surface area contributed by atoms with Crippen LogP contribution in [0.15, 0.2) is 70.0 Å². The van der Waals surface area contributed by atoms with Crippen LogP contribution in [0.2, 0.25) is 0 Å². The molecular formula is C27H18N6O6. The third kappa shape index (κ3) is 4.67. The number of ether oxygens (including phenoxy) is 2. The standard InChI is InChI=1S/C27H18N6O6/c28-12-15-4-6-18(17(8-15)25-32-27(36)39-33-25)31-26(35)20-11-16-2-1-3-19(24(16)30-20)29-23(34)10-14-5-7-21-22(9-14)38-13-37-21/h1-9,11,30H,10,13H2,(H,29,34)(H,31,35)(H,32,33,36). The lowest BCUT2D eigenvalue weighted by Crippen LogP contribution is -2.15. The van der Waals surface area contributed by atoms with Crippen LogP contribution in [0.3, 0.4) is 0 Å². The number of H-pyrrole nitrogens is 2. The van der Waals surface area contributed by atoms with Gasteiger partial charge in [0, 0.05) is 10.9 Å². The molecule has 4 N–H and O–H groups in total. The highest BCUT2D eigenvalue weighted by Crippen LogP contribution is 2.33. The minimum atomic E-state index is -0.770. The van der Waals surface area contributed by atoms with Crippen molar-refractivity contribution >= 4 is 34.1 Å². The second kappa shape index (κ2) is 9.56. The molecule has 2 aromatic heterocycles. The van der Waals surface area contributed by atoms with E-state index in [1.807, 2.05) is 12.1 Å². The van der Waals surface area contributed by atoms with Gasteiger partial charge < -0.3 is 25.1 Å². The number of benzene rings is 3. The van der Waals surface area contributed by atoms with Gasteiger partial charge in [0.1, 0.15) is 5.69 Å². The van der Waals surface area contributed by atoms with E-state index in [4.69, 9.17) is 9.47 Å². The van der Waals surface area contributed by atoms with E-state index in [0.717, 1.165) is 5.56 Å². The number of aromatic nitrogens is 3. The van der Waals surface area contributed by atoms with E-state index >= 15 is 0 Å². The van der Waals surface area contributed by atoms with Crippen molar-refractivity contribution in [2.24, 2.45) is 0 Å². The maximum absolute atomic E-state index is 13.2. The van der Waals surface area contributed by atoms with E-state index in [-0.39, 0.29) is 30.6 Å². The van der Waals surface area contributed by atoms with Gasteiger partial charge in [0.25, 0.3) is 5.91 Å². The van der Waals surface area contributed by atoms with E-state index in [9.17, 15) is 19.6 Å². The van der Waals surface area contributed by atoms with E-state index in [1.165, 1.54) is 18.2 Å². The van der Waals surface area contributed by atoms with Crippen molar-refractivity contribution in [2.45, 2.75) is 6.42 Å². The van der Waals surface area contributed by atoms with Crippen molar-refractivity contribution in [2.75, 3.05) is 17.4 Å². The number of nitriles is 1. The Labute approximate surface area is 219 Å². The van der Waals surface area contributed by atoms with Gasteiger partial charge in [-0.1, -0.05) is 23.4 Å². The summed E-state index contributed by atoms with van der Waals surface area (Å²) in [5.74, 6) is -0.192. The molecule has 1 aliphatic rings. The van der Waals surface area contributed by atoms with Gasteiger partial charge in [0.05, 0.1) is 34.9 Å². The van der Waals surface area contributed by atoms with Crippen molar-refractivity contribution in [3.63, 3.8) is 0 Å². The lowest BCUT2D eigenvalue weighted by atomic mass is 10.1. The smallest absolute Gasteiger partial charge is 0.439 e. The summed E-state index contributed by atoms with van der Waals surface area (Å²) in [4.78, 5) is 42.9. The molecule has 0 fully saturated rings. The Morgan fingerprint density at radius 2 is 1.85 bits per heavy atom. The Morgan fingerprint density at radius 3 is 2.67 bits per heavy atom. The van der Waals surface area contributed by atoms with Crippen LogP contribution >= 0.6 is 0 Å². The normalized spacial score (nSPS) is 11.8. The second-order valence-corrected chi connectivity index (χ2v) is 8.64. The number of fused-ring (bicyclic) bond motifs is 2. The summed E-state index contributed by atoms with van der Waals surface area (Å²) < 4.78 is 15.3. The Balaban J connectivity index is 1.23. The lowest BCUT2D eigenvalue weighted by Gasteiger charge is -2.09. The molecule has 5 aromatic rings. The van der Waals surface area contributed by atoms with Gasteiger partial charge in [-0.25, -0.2) is 4.79 Å². The van der Waals surface area contributed by atoms with Gasteiger partial charge >= 0.3 is 5.76 Å². The van der Waals surface area contributed by atoms with E-state index in [2.05, 4.69) is 30.3 Å². The molecule has 0 atom stereocenters. The number of carbonyl (C=O) groups excluding carboxylic acids is 2. The SMILES string of the molecule is N#Cc1ccc(NC(=O)c2cc3cccc(NC(=O)Cc4ccc5c(c4)OCO5)c3[nH]2)c(-c2noc(=O)[nH]2)c1. The van der Waals surface area contributed by atoms with E-state index in [1.54, 1.807) is 36.4 Å². The first-order valence-corrected chi connectivity index (χ1v) is 11.7. The molecular weight excluding hydrogens is 504 g/mol. The van der Waals surface area contributed by atoms with Gasteiger partial charge in [-0.2, -0.15) is 5.26 Å². The fourth-order valence-corrected chi connectivity index (χ4v) is 4.27. The largest absolute Gasteiger partial charge is 0.454 e. The van der Waals surface area contributed by atoms with Crippen LogP contribution in [0, 0.1) is 11.3 Å². The van der Waals surface area contributed by atoms with Crippen LogP contribution in [0.5, 0.6) is 11.5 Å². The number of para-hydroxylation sites is 1. The summed E-state index contributed by atoms with van der Waals surface area (Å²) in [6.07, 6.45) is 0.118. The monoisotopic (exact) mass is 522 g/mol. The second-order valence-electron chi connectivity index (χ2n) is 8.64. The molecule has 39 heavy (non-hydrogen) atoms. The molecule has 0 unspecified atom stereocenters. The number of anilines is 2. The van der Waals surface area contributed by atoms with Gasteiger partial charge in [0.15, 0.2) is 17.3 Å². The number of rotatable bonds is 6. The van der Waals surface area contributed by atoms with Gasteiger partial charge in [-0.05, 0) is 48.0 Å². The molecule has 0 bridgehead atoms. The Hall–Kier alpha value is -5.83. The highest BCUT2D eigenvalue weighted by Gasteiger charge is 2.18. The number of aromatic amines is 2.